The van der Waals surface area contributed by atoms with Crippen molar-refractivity contribution in [1.82, 2.24) is 5.43 Å². The molecule has 0 amide bonds. The van der Waals surface area contributed by atoms with E-state index in [4.69, 9.17) is 10.5 Å². The number of hydrogen-bond donors (Lipinski definition) is 2. The maximum absolute atomic E-state index is 10.7. The van der Waals surface area contributed by atoms with Crippen molar-refractivity contribution in [3.8, 4) is 0 Å². The highest BCUT2D eigenvalue weighted by Crippen LogP contribution is 2.31. The summed E-state index contributed by atoms with van der Waals surface area (Å²) in [5, 5.41) is 14.4. The van der Waals surface area contributed by atoms with Crippen LogP contribution in [0, 0.1) is 10.1 Å². The number of hydrogen-bond acceptors (Lipinski definition) is 6. The van der Waals surface area contributed by atoms with Crippen LogP contribution in [0.2, 0.25) is 0 Å². The van der Waals surface area contributed by atoms with E-state index in [1.807, 2.05) is 0 Å². The van der Waals surface area contributed by atoms with Crippen LogP contribution in [-0.2, 0) is 10.5 Å². The standard InChI is InChI=1S/C9H10N4O3/c1-9(12-11-5-16-9)7-4-6(13(14)15)2-3-8(7)10/h2-5,12H,10H2,1H3. The predicted molar refractivity (Wildman–Crippen MR) is 57.6 cm³/mol. The molecule has 1 aliphatic heterocycles. The van der Waals surface area contributed by atoms with E-state index in [0.29, 0.717) is 11.3 Å². The summed E-state index contributed by atoms with van der Waals surface area (Å²) < 4.78 is 5.24. The Hall–Kier alpha value is -2.31. The van der Waals surface area contributed by atoms with Crippen molar-refractivity contribution in [3.63, 3.8) is 0 Å². The molecule has 0 aromatic heterocycles. The van der Waals surface area contributed by atoms with Gasteiger partial charge in [0.15, 0.2) is 6.40 Å². The van der Waals surface area contributed by atoms with Crippen LogP contribution in [0.5, 0.6) is 0 Å². The van der Waals surface area contributed by atoms with Gasteiger partial charge in [-0.15, -0.1) is 5.10 Å². The molecular weight excluding hydrogens is 212 g/mol. The number of nitrogens with one attached hydrogen (secondary N) is 1. The molecule has 2 rings (SSSR count). The first kappa shape index (κ1) is 10.2. The summed E-state index contributed by atoms with van der Waals surface area (Å²) in [5.74, 6) is 0. The summed E-state index contributed by atoms with van der Waals surface area (Å²) in [4.78, 5) is 10.2. The molecule has 1 atom stereocenters. The lowest BCUT2D eigenvalue weighted by molar-refractivity contribution is -0.385. The molecule has 0 saturated heterocycles. The fraction of sp³-hybridized carbons (Fsp3) is 0.222. The maximum Gasteiger partial charge on any atom is 0.270 e. The number of nitrogens with two attached hydrogens (primary N) is 1. The van der Waals surface area contributed by atoms with Crippen LogP contribution < -0.4 is 11.2 Å². The van der Waals surface area contributed by atoms with E-state index >= 15 is 0 Å². The third-order valence-electron chi connectivity index (χ3n) is 2.38. The molecule has 1 aromatic carbocycles. The summed E-state index contributed by atoms with van der Waals surface area (Å²) in [7, 11) is 0. The molecule has 0 fully saturated rings. The molecule has 84 valence electrons. The average Bonchev–Trinajstić information content (AvgIpc) is 2.66. The third kappa shape index (κ3) is 1.52. The molecule has 1 aromatic rings. The number of nitro groups is 1. The number of nitrogens with zero attached hydrogens (tertiary/aromatic N) is 2. The van der Waals surface area contributed by atoms with Gasteiger partial charge in [0.25, 0.3) is 5.69 Å². The Morgan fingerprint density at radius 1 is 1.62 bits per heavy atom. The lowest BCUT2D eigenvalue weighted by atomic mass is 10.0. The predicted octanol–water partition coefficient (Wildman–Crippen LogP) is 0.913. The Labute approximate surface area is 91.0 Å². The topological polar surface area (TPSA) is 103 Å². The van der Waals surface area contributed by atoms with Crippen LogP contribution in [0.25, 0.3) is 0 Å². The van der Waals surface area contributed by atoms with Gasteiger partial charge in [0.2, 0.25) is 5.72 Å². The van der Waals surface area contributed by atoms with Gasteiger partial charge < -0.3 is 10.5 Å². The first-order chi connectivity index (χ1) is 7.53. The Bertz CT molecular complexity index is 464. The maximum atomic E-state index is 10.7. The van der Waals surface area contributed by atoms with E-state index in [0.717, 1.165) is 0 Å². The number of ether oxygens (including phenoxy) is 1. The molecule has 0 spiro atoms. The molecule has 0 saturated carbocycles. The second-order valence-corrected chi connectivity index (χ2v) is 3.53. The van der Waals surface area contributed by atoms with E-state index in [1.54, 1.807) is 6.92 Å². The Morgan fingerprint density at radius 2 is 2.38 bits per heavy atom. The number of anilines is 1. The summed E-state index contributed by atoms with van der Waals surface area (Å²) in [6.07, 6.45) is 1.23. The molecule has 16 heavy (non-hydrogen) atoms. The van der Waals surface area contributed by atoms with E-state index in [1.165, 1.54) is 24.6 Å². The zero-order chi connectivity index (χ0) is 11.8. The molecule has 0 radical (unpaired) electrons. The van der Waals surface area contributed by atoms with Crippen LogP contribution in [0.3, 0.4) is 0 Å². The van der Waals surface area contributed by atoms with Crippen molar-refractivity contribution in [1.29, 1.82) is 0 Å². The van der Waals surface area contributed by atoms with Gasteiger partial charge in [0.05, 0.1) is 4.92 Å². The Kier molecular flexibility index (Phi) is 2.15. The van der Waals surface area contributed by atoms with Gasteiger partial charge in [-0.25, -0.2) is 0 Å². The van der Waals surface area contributed by atoms with Gasteiger partial charge in [-0.1, -0.05) is 0 Å². The number of benzene rings is 1. The minimum absolute atomic E-state index is 0.0391. The molecule has 7 heteroatoms. The van der Waals surface area contributed by atoms with Crippen LogP contribution in [0.4, 0.5) is 11.4 Å². The lowest BCUT2D eigenvalue weighted by Crippen LogP contribution is -2.34. The second kappa shape index (κ2) is 3.37. The first-order valence-electron chi connectivity index (χ1n) is 4.54. The summed E-state index contributed by atoms with van der Waals surface area (Å²) >= 11 is 0. The molecule has 7 nitrogen and oxygen atoms in total. The second-order valence-electron chi connectivity index (χ2n) is 3.53. The van der Waals surface area contributed by atoms with Gasteiger partial charge in [0, 0.05) is 30.3 Å². The Balaban J connectivity index is 2.47. The van der Waals surface area contributed by atoms with Crippen molar-refractivity contribution < 1.29 is 9.66 Å². The van der Waals surface area contributed by atoms with Crippen LogP contribution in [0.15, 0.2) is 23.3 Å². The Morgan fingerprint density at radius 3 is 2.94 bits per heavy atom. The lowest BCUT2D eigenvalue weighted by Gasteiger charge is -2.24. The van der Waals surface area contributed by atoms with E-state index < -0.39 is 10.6 Å². The first-order valence-corrected chi connectivity index (χ1v) is 4.54. The van der Waals surface area contributed by atoms with E-state index in [2.05, 4.69) is 10.5 Å². The molecule has 1 unspecified atom stereocenters. The summed E-state index contributed by atoms with van der Waals surface area (Å²) in [6, 6.07) is 4.19. The van der Waals surface area contributed by atoms with E-state index in [-0.39, 0.29) is 5.69 Å². The third-order valence-corrected chi connectivity index (χ3v) is 2.38. The fourth-order valence-electron chi connectivity index (χ4n) is 1.50. The fourth-order valence-corrected chi connectivity index (χ4v) is 1.50. The zero-order valence-corrected chi connectivity index (χ0v) is 8.51. The van der Waals surface area contributed by atoms with E-state index in [9.17, 15) is 10.1 Å². The van der Waals surface area contributed by atoms with Gasteiger partial charge in [0.1, 0.15) is 0 Å². The number of nitro benzene ring substituents is 1. The van der Waals surface area contributed by atoms with Crippen molar-refractivity contribution in [3.05, 3.63) is 33.9 Å². The molecule has 3 N–H and O–H groups in total. The minimum atomic E-state index is -0.948. The summed E-state index contributed by atoms with van der Waals surface area (Å²) in [5.41, 5.74) is 8.36. The number of rotatable bonds is 2. The molecule has 1 aliphatic rings. The van der Waals surface area contributed by atoms with Crippen molar-refractivity contribution in [2.45, 2.75) is 12.6 Å². The quantitative estimate of drug-likeness (QED) is 0.440. The van der Waals surface area contributed by atoms with Gasteiger partial charge in [-0.05, 0) is 6.07 Å². The number of nitrogen functional groups attached to an aromatic ring is 1. The number of non-ortho nitro benzene ring substituents is 1. The van der Waals surface area contributed by atoms with Gasteiger partial charge in [-0.3, -0.25) is 15.5 Å². The highest BCUT2D eigenvalue weighted by atomic mass is 16.6. The van der Waals surface area contributed by atoms with Crippen molar-refractivity contribution in [2.75, 3.05) is 5.73 Å². The smallest absolute Gasteiger partial charge is 0.270 e. The minimum Gasteiger partial charge on any atom is -0.451 e. The molecule has 0 bridgehead atoms. The zero-order valence-electron chi connectivity index (χ0n) is 8.51. The molecule has 0 aliphatic carbocycles. The van der Waals surface area contributed by atoms with Crippen LogP contribution >= 0.6 is 0 Å². The summed E-state index contributed by atoms with van der Waals surface area (Å²) in [6.45, 7) is 1.69. The van der Waals surface area contributed by atoms with Crippen LogP contribution in [0.1, 0.15) is 12.5 Å². The van der Waals surface area contributed by atoms with Gasteiger partial charge >= 0.3 is 0 Å². The SMILES string of the molecule is CC1(c2cc([N+](=O)[O-])ccc2N)NN=CO1. The monoisotopic (exact) mass is 222 g/mol. The highest BCUT2D eigenvalue weighted by Gasteiger charge is 2.33. The van der Waals surface area contributed by atoms with Crippen molar-refractivity contribution >= 4 is 17.8 Å². The largest absolute Gasteiger partial charge is 0.451 e. The van der Waals surface area contributed by atoms with Gasteiger partial charge in [-0.2, -0.15) is 0 Å². The molecule has 1 heterocycles. The van der Waals surface area contributed by atoms with Crippen molar-refractivity contribution in [2.24, 2.45) is 5.10 Å². The van der Waals surface area contributed by atoms with Crippen LogP contribution in [-0.4, -0.2) is 11.3 Å². The molecular formula is C9H10N4O3. The number of hydrazone groups is 1. The normalized spacial score (nSPS) is 22.6. The highest BCUT2D eigenvalue weighted by molar-refractivity contribution is 5.58. The average molecular weight is 222 g/mol.